The van der Waals surface area contributed by atoms with Gasteiger partial charge in [-0.3, -0.25) is 4.79 Å². The van der Waals surface area contributed by atoms with E-state index in [0.717, 1.165) is 50.6 Å². The second kappa shape index (κ2) is 10.7. The van der Waals surface area contributed by atoms with Crippen LogP contribution in [0.15, 0.2) is 36.4 Å². The van der Waals surface area contributed by atoms with Crippen LogP contribution in [0.3, 0.4) is 0 Å². The molecule has 5 rings (SSSR count). The van der Waals surface area contributed by atoms with Gasteiger partial charge in [0.25, 0.3) is 0 Å². The highest BCUT2D eigenvalue weighted by atomic mass is 19.4. The Bertz CT molecular complexity index is 1290. The van der Waals surface area contributed by atoms with Gasteiger partial charge in [0, 0.05) is 11.6 Å². The molecule has 1 N–H and O–H groups in total. The summed E-state index contributed by atoms with van der Waals surface area (Å²) in [6, 6.07) is 7.57. The number of carbonyl (C=O) groups is 2. The molecule has 40 heavy (non-hydrogen) atoms. The fraction of sp³-hybridized carbons (Fsp3) is 0.533. The lowest BCUT2D eigenvalue weighted by atomic mass is 9.74. The van der Waals surface area contributed by atoms with Crippen molar-refractivity contribution in [1.82, 2.24) is 9.80 Å². The van der Waals surface area contributed by atoms with E-state index in [1.165, 1.54) is 12.1 Å². The lowest BCUT2D eigenvalue weighted by Gasteiger charge is -2.41. The van der Waals surface area contributed by atoms with Gasteiger partial charge in [-0.2, -0.15) is 13.2 Å². The van der Waals surface area contributed by atoms with Gasteiger partial charge in [-0.15, -0.1) is 0 Å². The highest BCUT2D eigenvalue weighted by molar-refractivity contribution is 5.87. The number of aromatic carboxylic acids is 1. The first-order valence-corrected chi connectivity index (χ1v) is 13.8. The highest BCUT2D eigenvalue weighted by Crippen LogP contribution is 2.49. The first-order valence-electron chi connectivity index (χ1n) is 13.8. The number of hydrogen-bond acceptors (Lipinski definition) is 4. The Morgan fingerprint density at radius 3 is 2.45 bits per heavy atom. The predicted molar refractivity (Wildman–Crippen MR) is 139 cm³/mol. The number of carboxylic acid groups (broad SMARTS) is 1. The predicted octanol–water partition coefficient (Wildman–Crippen LogP) is 6.30. The monoisotopic (exact) mass is 562 g/mol. The number of fused-ring (bicyclic) bond motifs is 1. The molecule has 1 saturated carbocycles. The van der Waals surface area contributed by atoms with Crippen LogP contribution in [-0.2, 0) is 17.5 Å². The van der Waals surface area contributed by atoms with E-state index < -0.39 is 28.9 Å². The molecule has 3 aliphatic rings. The maximum absolute atomic E-state index is 14.0. The van der Waals surface area contributed by atoms with Crippen molar-refractivity contribution < 1.29 is 37.0 Å². The normalized spacial score (nSPS) is 24.2. The van der Waals surface area contributed by atoms with Gasteiger partial charge in [-0.05, 0) is 99.0 Å². The number of benzene rings is 2. The molecule has 6 nitrogen and oxygen atoms in total. The maximum atomic E-state index is 14.0. The summed E-state index contributed by atoms with van der Waals surface area (Å²) >= 11 is 0. The first kappa shape index (κ1) is 28.4. The fourth-order valence-electron chi connectivity index (χ4n) is 6.76. The van der Waals surface area contributed by atoms with Crippen LogP contribution >= 0.6 is 0 Å². The number of likely N-dealkylation sites (tertiary alicyclic amines) is 1. The minimum Gasteiger partial charge on any atom is -0.478 e. The van der Waals surface area contributed by atoms with Gasteiger partial charge in [0.1, 0.15) is 11.6 Å². The third kappa shape index (κ3) is 5.42. The van der Waals surface area contributed by atoms with Crippen molar-refractivity contribution in [2.75, 3.05) is 19.8 Å². The molecule has 2 heterocycles. The number of nitrogens with zero attached hydrogens (tertiary/aromatic N) is 2. The molecule has 216 valence electrons. The van der Waals surface area contributed by atoms with Crippen molar-refractivity contribution in [3.05, 3.63) is 64.5 Å². The molecule has 0 aromatic heterocycles. The number of piperidine rings is 1. The van der Waals surface area contributed by atoms with Gasteiger partial charge in [-0.1, -0.05) is 13.8 Å². The van der Waals surface area contributed by atoms with Crippen molar-refractivity contribution >= 4 is 11.9 Å². The SMILES string of the molecule is CC(C)[C@]1(C(=O)N2COc3ccc(C(F)(F)F)cc3C2)CC[C@@H](N2CCC(c3cc(F)cc(C(=O)O)c3)CC2)C1. The number of halogens is 4. The third-order valence-corrected chi connectivity index (χ3v) is 9.15. The molecule has 10 heteroatoms. The number of amides is 1. The first-order chi connectivity index (χ1) is 18.9. The molecule has 2 aromatic rings. The summed E-state index contributed by atoms with van der Waals surface area (Å²) in [7, 11) is 0. The van der Waals surface area contributed by atoms with E-state index in [-0.39, 0.29) is 42.6 Å². The Balaban J connectivity index is 1.26. The number of alkyl halides is 3. The summed E-state index contributed by atoms with van der Waals surface area (Å²) in [5.41, 5.74) is -0.386. The summed E-state index contributed by atoms with van der Waals surface area (Å²) in [5, 5.41) is 9.28. The van der Waals surface area contributed by atoms with Crippen LogP contribution in [-0.4, -0.2) is 52.6 Å². The molecule has 0 bridgehead atoms. The third-order valence-electron chi connectivity index (χ3n) is 9.15. The summed E-state index contributed by atoms with van der Waals surface area (Å²) < 4.78 is 59.5. The van der Waals surface area contributed by atoms with Crippen LogP contribution in [0.4, 0.5) is 17.6 Å². The number of carboxylic acids is 1. The van der Waals surface area contributed by atoms with Crippen LogP contribution in [0.1, 0.15) is 78.9 Å². The van der Waals surface area contributed by atoms with Crippen molar-refractivity contribution in [1.29, 1.82) is 0 Å². The van der Waals surface area contributed by atoms with Crippen LogP contribution < -0.4 is 4.74 Å². The van der Waals surface area contributed by atoms with E-state index in [1.807, 2.05) is 13.8 Å². The van der Waals surface area contributed by atoms with Crippen molar-refractivity contribution in [3.8, 4) is 5.75 Å². The molecule has 1 aliphatic carbocycles. The zero-order valence-electron chi connectivity index (χ0n) is 22.6. The zero-order chi connectivity index (χ0) is 28.8. The number of rotatable bonds is 5. The fourth-order valence-corrected chi connectivity index (χ4v) is 6.76. The van der Waals surface area contributed by atoms with Gasteiger partial charge >= 0.3 is 12.1 Å². The minimum atomic E-state index is -4.47. The molecule has 2 aliphatic heterocycles. The van der Waals surface area contributed by atoms with Crippen LogP contribution in [0.5, 0.6) is 5.75 Å². The van der Waals surface area contributed by atoms with Gasteiger partial charge in [-0.25, -0.2) is 9.18 Å². The summed E-state index contributed by atoms with van der Waals surface area (Å²) in [6.45, 7) is 5.66. The molecular weight excluding hydrogens is 528 g/mol. The molecule has 1 saturated heterocycles. The lowest BCUT2D eigenvalue weighted by Crippen LogP contribution is -2.49. The summed E-state index contributed by atoms with van der Waals surface area (Å²) in [4.78, 5) is 29.2. The van der Waals surface area contributed by atoms with Crippen LogP contribution in [0, 0.1) is 17.2 Å². The van der Waals surface area contributed by atoms with E-state index in [4.69, 9.17) is 4.74 Å². The largest absolute Gasteiger partial charge is 0.478 e. The highest BCUT2D eigenvalue weighted by Gasteiger charge is 2.51. The second-order valence-electron chi connectivity index (χ2n) is 11.7. The molecule has 1 amide bonds. The van der Waals surface area contributed by atoms with Gasteiger partial charge in [0.15, 0.2) is 6.73 Å². The van der Waals surface area contributed by atoms with E-state index in [0.29, 0.717) is 29.7 Å². The Labute approximate surface area is 230 Å². The average molecular weight is 563 g/mol. The van der Waals surface area contributed by atoms with Crippen molar-refractivity contribution in [2.45, 2.75) is 70.6 Å². The van der Waals surface area contributed by atoms with Crippen molar-refractivity contribution in [2.24, 2.45) is 11.3 Å². The quantitative estimate of drug-likeness (QED) is 0.434. The topological polar surface area (TPSA) is 70.1 Å². The average Bonchev–Trinajstić information content (AvgIpc) is 3.38. The van der Waals surface area contributed by atoms with E-state index in [1.54, 1.807) is 11.0 Å². The molecule has 0 spiro atoms. The van der Waals surface area contributed by atoms with Gasteiger partial charge in [0.2, 0.25) is 5.91 Å². The molecule has 2 fully saturated rings. The zero-order valence-corrected chi connectivity index (χ0v) is 22.6. The number of carbonyl (C=O) groups excluding carboxylic acids is 1. The Morgan fingerprint density at radius 1 is 1.07 bits per heavy atom. The van der Waals surface area contributed by atoms with E-state index >= 15 is 0 Å². The van der Waals surface area contributed by atoms with Gasteiger partial charge < -0.3 is 19.6 Å². The number of ether oxygens (including phenoxy) is 1. The molecule has 0 unspecified atom stereocenters. The molecule has 2 aromatic carbocycles. The molecule has 2 atom stereocenters. The molecular formula is C30H34F4N2O4. The van der Waals surface area contributed by atoms with E-state index in [2.05, 4.69) is 4.90 Å². The summed E-state index contributed by atoms with van der Waals surface area (Å²) in [5.74, 6) is -1.31. The Morgan fingerprint density at radius 2 is 1.80 bits per heavy atom. The molecule has 0 radical (unpaired) electrons. The smallest absolute Gasteiger partial charge is 0.416 e. The van der Waals surface area contributed by atoms with Crippen LogP contribution in [0.25, 0.3) is 0 Å². The maximum Gasteiger partial charge on any atom is 0.416 e. The summed E-state index contributed by atoms with van der Waals surface area (Å²) in [6.07, 6.45) is -0.768. The van der Waals surface area contributed by atoms with Gasteiger partial charge in [0.05, 0.1) is 23.1 Å². The Hall–Kier alpha value is -3.14. The van der Waals surface area contributed by atoms with E-state index in [9.17, 15) is 32.3 Å². The van der Waals surface area contributed by atoms with Crippen LogP contribution in [0.2, 0.25) is 0 Å². The minimum absolute atomic E-state index is 0.00763. The van der Waals surface area contributed by atoms with Crippen molar-refractivity contribution in [3.63, 3.8) is 0 Å². The standard InChI is InChI=1S/C30H34F4N2O4/c1-18(2)29(28(39)36-16-22-12-23(30(32,33)34)3-4-26(22)40-17-36)8-5-25(15-29)35-9-6-19(7-10-35)20-11-21(27(37)38)14-24(31)13-20/h3-4,11-14,18-19,25H,5-10,15-17H2,1-2H3,(H,37,38)/t25-,29+/m1/s1. The Kier molecular flexibility index (Phi) is 7.58. The second-order valence-corrected chi connectivity index (χ2v) is 11.7. The number of hydrogen-bond donors (Lipinski definition) is 1. The lowest BCUT2D eigenvalue weighted by molar-refractivity contribution is -0.150.